The Kier molecular flexibility index (Phi) is 4.47. The van der Waals surface area contributed by atoms with E-state index in [9.17, 15) is 9.59 Å². The van der Waals surface area contributed by atoms with Crippen molar-refractivity contribution >= 4 is 17.6 Å². The van der Waals surface area contributed by atoms with Gasteiger partial charge in [0.15, 0.2) is 0 Å². The summed E-state index contributed by atoms with van der Waals surface area (Å²) in [6, 6.07) is 7.16. The first-order valence-corrected chi connectivity index (χ1v) is 4.93. The molecule has 1 amide bonds. The maximum absolute atomic E-state index is 11.4. The van der Waals surface area contributed by atoms with Gasteiger partial charge in [-0.25, -0.2) is 0 Å². The Morgan fingerprint density at radius 2 is 1.94 bits per heavy atom. The van der Waals surface area contributed by atoms with E-state index in [1.807, 2.05) is 12.1 Å². The van der Waals surface area contributed by atoms with Gasteiger partial charge >= 0.3 is 5.97 Å². The third kappa shape index (κ3) is 3.70. The highest BCUT2D eigenvalue weighted by Crippen LogP contribution is 2.14. The molecule has 4 N–H and O–H groups in total. The number of nitrogens with two attached hydrogens (primary N) is 1. The first-order chi connectivity index (χ1) is 7.63. The van der Waals surface area contributed by atoms with Crippen LogP contribution >= 0.6 is 0 Å². The number of hydrogen-bond acceptors (Lipinski definition) is 3. The first-order valence-electron chi connectivity index (χ1n) is 4.93. The number of hydrogen-bond donors (Lipinski definition) is 3. The third-order valence-corrected chi connectivity index (χ3v) is 2.08. The van der Waals surface area contributed by atoms with Crippen molar-refractivity contribution in [2.75, 3.05) is 5.32 Å². The van der Waals surface area contributed by atoms with Gasteiger partial charge in [-0.1, -0.05) is 18.2 Å². The molecule has 0 aromatic heterocycles. The smallest absolute Gasteiger partial charge is 0.303 e. The lowest BCUT2D eigenvalue weighted by atomic mass is 10.1. The average molecular weight is 222 g/mol. The minimum atomic E-state index is -0.984. The summed E-state index contributed by atoms with van der Waals surface area (Å²) < 4.78 is 0. The van der Waals surface area contributed by atoms with Crippen LogP contribution < -0.4 is 11.1 Å². The number of amides is 1. The zero-order valence-corrected chi connectivity index (χ0v) is 8.77. The van der Waals surface area contributed by atoms with Crippen molar-refractivity contribution in [2.24, 2.45) is 5.73 Å². The molecule has 0 saturated heterocycles. The van der Waals surface area contributed by atoms with Crippen LogP contribution in [0.3, 0.4) is 0 Å². The summed E-state index contributed by atoms with van der Waals surface area (Å²) in [5.41, 5.74) is 6.97. The lowest BCUT2D eigenvalue weighted by Gasteiger charge is -2.08. The molecule has 0 heterocycles. The Hall–Kier alpha value is -1.88. The molecule has 5 heteroatoms. The normalized spacial score (nSPS) is 9.81. The number of anilines is 1. The van der Waals surface area contributed by atoms with Crippen molar-refractivity contribution < 1.29 is 14.7 Å². The van der Waals surface area contributed by atoms with E-state index in [1.54, 1.807) is 12.1 Å². The fourth-order valence-electron chi connectivity index (χ4n) is 1.25. The summed E-state index contributed by atoms with van der Waals surface area (Å²) in [4.78, 5) is 21.6. The quantitative estimate of drug-likeness (QED) is 0.691. The fourth-order valence-corrected chi connectivity index (χ4v) is 1.25. The highest BCUT2D eigenvalue weighted by Gasteiger charge is 2.07. The summed E-state index contributed by atoms with van der Waals surface area (Å²) in [5, 5.41) is 11.1. The Balaban J connectivity index is 2.58. The molecule has 16 heavy (non-hydrogen) atoms. The van der Waals surface area contributed by atoms with Crippen LogP contribution in [0.2, 0.25) is 0 Å². The second-order valence-electron chi connectivity index (χ2n) is 3.30. The average Bonchev–Trinajstić information content (AvgIpc) is 2.27. The van der Waals surface area contributed by atoms with E-state index in [0.29, 0.717) is 12.2 Å². The molecule has 0 aliphatic heterocycles. The minimum Gasteiger partial charge on any atom is -0.481 e. The maximum Gasteiger partial charge on any atom is 0.303 e. The van der Waals surface area contributed by atoms with Crippen molar-refractivity contribution in [3.05, 3.63) is 29.8 Å². The number of carboxylic acid groups (broad SMARTS) is 1. The Morgan fingerprint density at radius 3 is 2.56 bits per heavy atom. The van der Waals surface area contributed by atoms with E-state index in [2.05, 4.69) is 5.32 Å². The molecule has 0 aliphatic carbocycles. The van der Waals surface area contributed by atoms with Crippen molar-refractivity contribution in [1.29, 1.82) is 0 Å². The molecule has 0 unspecified atom stereocenters. The molecule has 0 saturated carbocycles. The van der Waals surface area contributed by atoms with Gasteiger partial charge in [0, 0.05) is 18.7 Å². The molecule has 0 spiro atoms. The monoisotopic (exact) mass is 222 g/mol. The zero-order valence-electron chi connectivity index (χ0n) is 8.77. The molecule has 0 aliphatic rings. The Bertz CT molecular complexity index is 391. The van der Waals surface area contributed by atoms with Gasteiger partial charge in [0.25, 0.3) is 0 Å². The van der Waals surface area contributed by atoms with E-state index in [4.69, 9.17) is 10.8 Å². The van der Waals surface area contributed by atoms with Crippen molar-refractivity contribution in [1.82, 2.24) is 0 Å². The van der Waals surface area contributed by atoms with Gasteiger partial charge in [-0.3, -0.25) is 9.59 Å². The van der Waals surface area contributed by atoms with E-state index in [-0.39, 0.29) is 18.7 Å². The first kappa shape index (κ1) is 12.2. The molecule has 86 valence electrons. The molecule has 5 nitrogen and oxygen atoms in total. The summed E-state index contributed by atoms with van der Waals surface area (Å²) >= 11 is 0. The molecule has 1 aromatic rings. The Morgan fingerprint density at radius 1 is 1.25 bits per heavy atom. The number of benzene rings is 1. The summed E-state index contributed by atoms with van der Waals surface area (Å²) in [5.74, 6) is -1.30. The number of carbonyl (C=O) groups is 2. The minimum absolute atomic E-state index is 0.0335. The number of nitrogens with one attached hydrogen (secondary N) is 1. The summed E-state index contributed by atoms with van der Waals surface area (Å²) in [6.45, 7) is 0.329. The molecule has 0 fully saturated rings. The molecule has 0 bridgehead atoms. The topological polar surface area (TPSA) is 92.4 Å². The standard InChI is InChI=1S/C11H14N2O3/c12-7-8-3-1-2-4-9(8)13-10(14)5-6-11(15)16/h1-4H,5-7,12H2,(H,13,14)(H,15,16). The van der Waals surface area contributed by atoms with Crippen LogP contribution in [0.15, 0.2) is 24.3 Å². The zero-order chi connectivity index (χ0) is 12.0. The molecular weight excluding hydrogens is 208 g/mol. The predicted molar refractivity (Wildman–Crippen MR) is 59.8 cm³/mol. The second kappa shape index (κ2) is 5.87. The van der Waals surface area contributed by atoms with Crippen LogP contribution in [0.4, 0.5) is 5.69 Å². The third-order valence-electron chi connectivity index (χ3n) is 2.08. The van der Waals surface area contributed by atoms with Crippen LogP contribution in [0.25, 0.3) is 0 Å². The summed E-state index contributed by atoms with van der Waals surface area (Å²) in [6.07, 6.45) is -0.204. The lowest BCUT2D eigenvalue weighted by molar-refractivity contribution is -0.138. The van der Waals surface area contributed by atoms with Crippen molar-refractivity contribution in [3.63, 3.8) is 0 Å². The second-order valence-corrected chi connectivity index (χ2v) is 3.30. The molecule has 1 rings (SSSR count). The van der Waals surface area contributed by atoms with Gasteiger partial charge in [0.2, 0.25) is 5.91 Å². The van der Waals surface area contributed by atoms with Crippen LogP contribution in [0, 0.1) is 0 Å². The fraction of sp³-hybridized carbons (Fsp3) is 0.273. The molecular formula is C11H14N2O3. The molecule has 0 radical (unpaired) electrons. The predicted octanol–water partition coefficient (Wildman–Crippen LogP) is 0.949. The van der Waals surface area contributed by atoms with Gasteiger partial charge in [-0.2, -0.15) is 0 Å². The number of aliphatic carboxylic acids is 1. The van der Waals surface area contributed by atoms with Gasteiger partial charge in [0.1, 0.15) is 0 Å². The number of rotatable bonds is 5. The number of para-hydroxylation sites is 1. The van der Waals surface area contributed by atoms with Gasteiger partial charge in [0.05, 0.1) is 6.42 Å². The lowest BCUT2D eigenvalue weighted by Crippen LogP contribution is -2.15. The van der Waals surface area contributed by atoms with Crippen LogP contribution in [-0.4, -0.2) is 17.0 Å². The van der Waals surface area contributed by atoms with Gasteiger partial charge < -0.3 is 16.2 Å². The van der Waals surface area contributed by atoms with Gasteiger partial charge in [-0.05, 0) is 11.6 Å². The van der Waals surface area contributed by atoms with Crippen LogP contribution in [0.1, 0.15) is 18.4 Å². The van der Waals surface area contributed by atoms with Crippen molar-refractivity contribution in [2.45, 2.75) is 19.4 Å². The highest BCUT2D eigenvalue weighted by molar-refractivity contribution is 5.93. The van der Waals surface area contributed by atoms with Crippen LogP contribution in [-0.2, 0) is 16.1 Å². The van der Waals surface area contributed by atoms with E-state index in [0.717, 1.165) is 5.56 Å². The van der Waals surface area contributed by atoms with E-state index >= 15 is 0 Å². The van der Waals surface area contributed by atoms with Crippen LogP contribution in [0.5, 0.6) is 0 Å². The Labute approximate surface area is 93.3 Å². The number of carboxylic acids is 1. The highest BCUT2D eigenvalue weighted by atomic mass is 16.4. The molecule has 0 atom stereocenters. The van der Waals surface area contributed by atoms with E-state index < -0.39 is 5.97 Å². The summed E-state index contributed by atoms with van der Waals surface area (Å²) in [7, 11) is 0. The largest absolute Gasteiger partial charge is 0.481 e. The van der Waals surface area contributed by atoms with Crippen molar-refractivity contribution in [3.8, 4) is 0 Å². The maximum atomic E-state index is 11.4. The SMILES string of the molecule is NCc1ccccc1NC(=O)CCC(=O)O. The number of carbonyl (C=O) groups excluding carboxylic acids is 1. The molecule has 1 aromatic carbocycles. The van der Waals surface area contributed by atoms with Gasteiger partial charge in [-0.15, -0.1) is 0 Å². The van der Waals surface area contributed by atoms with E-state index in [1.165, 1.54) is 0 Å².